The first-order valence-corrected chi connectivity index (χ1v) is 10.1. The Morgan fingerprint density at radius 2 is 1.41 bits per heavy atom. The highest BCUT2D eigenvalue weighted by molar-refractivity contribution is 5.93. The molecule has 0 amide bonds. The van der Waals surface area contributed by atoms with E-state index in [1.54, 1.807) is 0 Å². The highest BCUT2D eigenvalue weighted by atomic mass is 35.5. The molecule has 27 heavy (non-hydrogen) atoms. The van der Waals surface area contributed by atoms with E-state index >= 15 is 0 Å². The summed E-state index contributed by atoms with van der Waals surface area (Å²) in [6.07, 6.45) is 5.27. The molecule has 0 unspecified atom stereocenters. The van der Waals surface area contributed by atoms with E-state index in [9.17, 15) is 4.79 Å². The molecule has 0 N–H and O–H groups in total. The van der Waals surface area contributed by atoms with E-state index in [-0.39, 0.29) is 12.4 Å². The lowest BCUT2D eigenvalue weighted by Crippen LogP contribution is -2.46. The molecule has 0 aliphatic carbocycles. The summed E-state index contributed by atoms with van der Waals surface area (Å²) < 4.78 is 0. The first-order chi connectivity index (χ1) is 12.7. The van der Waals surface area contributed by atoms with Crippen LogP contribution in [0.5, 0.6) is 0 Å². The van der Waals surface area contributed by atoms with Gasteiger partial charge >= 0.3 is 0 Å². The zero-order chi connectivity index (χ0) is 18.4. The van der Waals surface area contributed by atoms with Crippen LogP contribution in [0.15, 0.2) is 60.7 Å². The lowest BCUT2D eigenvalue weighted by Gasteiger charge is -2.40. The number of likely N-dealkylation sites (tertiary alicyclic amines) is 1. The van der Waals surface area contributed by atoms with Crippen molar-refractivity contribution in [3.05, 3.63) is 71.8 Å². The number of piperidine rings is 1. The van der Waals surface area contributed by atoms with E-state index in [1.807, 2.05) is 19.1 Å². The van der Waals surface area contributed by atoms with Gasteiger partial charge in [0.15, 0.2) is 0 Å². The molecule has 0 saturated carbocycles. The zero-order valence-electron chi connectivity index (χ0n) is 16.6. The van der Waals surface area contributed by atoms with Crippen molar-refractivity contribution in [3.63, 3.8) is 0 Å². The van der Waals surface area contributed by atoms with Crippen molar-refractivity contribution in [1.82, 2.24) is 4.90 Å². The Labute approximate surface area is 170 Å². The highest BCUT2D eigenvalue weighted by Gasteiger charge is 2.42. The minimum Gasteiger partial charge on any atom is -0.301 e. The monoisotopic (exact) mass is 385 g/mol. The second kappa shape index (κ2) is 10.1. The molecule has 1 atom stereocenters. The van der Waals surface area contributed by atoms with Crippen LogP contribution >= 0.6 is 12.4 Å². The molecule has 0 bridgehead atoms. The number of carbonyl (C=O) groups is 1. The quantitative estimate of drug-likeness (QED) is 0.614. The lowest BCUT2D eigenvalue weighted by atomic mass is 9.66. The number of carbonyl (C=O) groups excluding carboxylic acids is 1. The van der Waals surface area contributed by atoms with Crippen LogP contribution in [-0.2, 0) is 10.2 Å². The van der Waals surface area contributed by atoms with E-state index in [1.165, 1.54) is 19.3 Å². The fourth-order valence-electron chi connectivity index (χ4n) is 4.52. The van der Waals surface area contributed by atoms with Gasteiger partial charge in [0, 0.05) is 12.5 Å². The summed E-state index contributed by atoms with van der Waals surface area (Å²) in [7, 11) is 0. The standard InChI is InChI=1S/C24H31NO.ClH/c1-3-23(26)24(21-13-7-4-8-14-21,22-15-9-5-10-16-22)19-20(2)25-17-11-6-12-18-25;/h4-5,7-10,13-16,20H,3,6,11-12,17-19H2,1-2H3;1H/t20-;/m1./s1. The minimum absolute atomic E-state index is 0. The number of nitrogens with zero attached hydrogens (tertiary/aromatic N) is 1. The summed E-state index contributed by atoms with van der Waals surface area (Å²) in [6, 6.07) is 21.2. The summed E-state index contributed by atoms with van der Waals surface area (Å²) in [6.45, 7) is 6.60. The molecule has 2 nitrogen and oxygen atoms in total. The number of hydrogen-bond donors (Lipinski definition) is 0. The lowest BCUT2D eigenvalue weighted by molar-refractivity contribution is -0.123. The van der Waals surface area contributed by atoms with Crippen molar-refractivity contribution in [3.8, 4) is 0 Å². The van der Waals surface area contributed by atoms with Gasteiger partial charge in [-0.25, -0.2) is 0 Å². The molecule has 2 aromatic rings. The van der Waals surface area contributed by atoms with Crippen LogP contribution in [0.1, 0.15) is 57.1 Å². The van der Waals surface area contributed by atoms with Gasteiger partial charge in [-0.3, -0.25) is 4.79 Å². The van der Waals surface area contributed by atoms with Gasteiger partial charge < -0.3 is 4.90 Å². The largest absolute Gasteiger partial charge is 0.301 e. The summed E-state index contributed by atoms with van der Waals surface area (Å²) in [5.74, 6) is 0.318. The third-order valence-electron chi connectivity index (χ3n) is 5.95. The van der Waals surface area contributed by atoms with Gasteiger partial charge in [0.05, 0.1) is 5.41 Å². The highest BCUT2D eigenvalue weighted by Crippen LogP contribution is 2.40. The molecule has 1 aliphatic rings. The molecule has 1 heterocycles. The predicted molar refractivity (Wildman–Crippen MR) is 116 cm³/mol. The van der Waals surface area contributed by atoms with E-state index < -0.39 is 5.41 Å². The van der Waals surface area contributed by atoms with Gasteiger partial charge in [0.1, 0.15) is 5.78 Å². The molecule has 1 aliphatic heterocycles. The van der Waals surface area contributed by atoms with Crippen LogP contribution in [0.4, 0.5) is 0 Å². The first kappa shape index (κ1) is 21.7. The van der Waals surface area contributed by atoms with Crippen LogP contribution in [0, 0.1) is 0 Å². The summed E-state index contributed by atoms with van der Waals surface area (Å²) in [4.78, 5) is 16.0. The third-order valence-corrected chi connectivity index (χ3v) is 5.95. The third kappa shape index (κ3) is 4.62. The molecule has 0 spiro atoms. The molecule has 1 saturated heterocycles. The van der Waals surface area contributed by atoms with Gasteiger partial charge in [0.25, 0.3) is 0 Å². The van der Waals surface area contributed by atoms with Gasteiger partial charge in [-0.15, -0.1) is 12.4 Å². The number of rotatable bonds is 7. The first-order valence-electron chi connectivity index (χ1n) is 10.1. The van der Waals surface area contributed by atoms with E-state index in [0.717, 1.165) is 30.6 Å². The average molecular weight is 386 g/mol. The van der Waals surface area contributed by atoms with Crippen molar-refractivity contribution in [2.75, 3.05) is 13.1 Å². The normalized spacial score (nSPS) is 16.4. The zero-order valence-corrected chi connectivity index (χ0v) is 17.4. The predicted octanol–water partition coefficient (Wildman–Crippen LogP) is 5.64. The molecule has 3 rings (SSSR count). The molecule has 1 fully saturated rings. The van der Waals surface area contributed by atoms with Gasteiger partial charge in [-0.1, -0.05) is 74.0 Å². The average Bonchev–Trinajstić information content (AvgIpc) is 2.73. The number of Topliss-reactive ketones (excluding diaryl/α,β-unsaturated/α-hetero) is 1. The van der Waals surface area contributed by atoms with Crippen LogP contribution in [-0.4, -0.2) is 29.8 Å². The Balaban J connectivity index is 0.00000261. The Hall–Kier alpha value is -1.64. The van der Waals surface area contributed by atoms with Crippen LogP contribution < -0.4 is 0 Å². The van der Waals surface area contributed by atoms with Gasteiger partial charge in [0.2, 0.25) is 0 Å². The molecule has 0 radical (unpaired) electrons. The summed E-state index contributed by atoms with van der Waals surface area (Å²) in [5.41, 5.74) is 1.69. The van der Waals surface area contributed by atoms with Crippen molar-refractivity contribution < 1.29 is 4.79 Å². The Kier molecular flexibility index (Phi) is 8.07. The second-order valence-electron chi connectivity index (χ2n) is 7.56. The maximum absolute atomic E-state index is 13.4. The topological polar surface area (TPSA) is 20.3 Å². The number of hydrogen-bond acceptors (Lipinski definition) is 2. The van der Waals surface area contributed by atoms with E-state index in [2.05, 4.69) is 60.4 Å². The van der Waals surface area contributed by atoms with Crippen molar-refractivity contribution in [1.29, 1.82) is 0 Å². The van der Waals surface area contributed by atoms with Crippen LogP contribution in [0.25, 0.3) is 0 Å². The summed E-state index contributed by atoms with van der Waals surface area (Å²) in [5, 5.41) is 0. The molecular formula is C24H32ClNO. The molecular weight excluding hydrogens is 354 g/mol. The SMILES string of the molecule is CCC(=O)C(C[C@@H](C)N1CCCCC1)(c1ccccc1)c1ccccc1.Cl. The van der Waals surface area contributed by atoms with E-state index in [0.29, 0.717) is 18.2 Å². The summed E-state index contributed by atoms with van der Waals surface area (Å²) >= 11 is 0. The number of benzene rings is 2. The van der Waals surface area contributed by atoms with Crippen molar-refractivity contribution in [2.24, 2.45) is 0 Å². The fourth-order valence-corrected chi connectivity index (χ4v) is 4.52. The van der Waals surface area contributed by atoms with Crippen molar-refractivity contribution >= 4 is 18.2 Å². The van der Waals surface area contributed by atoms with Crippen molar-refractivity contribution in [2.45, 2.75) is 57.4 Å². The molecule has 3 heteroatoms. The molecule has 0 aromatic heterocycles. The van der Waals surface area contributed by atoms with E-state index in [4.69, 9.17) is 0 Å². The second-order valence-corrected chi connectivity index (χ2v) is 7.56. The minimum atomic E-state index is -0.561. The fraction of sp³-hybridized carbons (Fsp3) is 0.458. The number of halogens is 1. The molecule has 146 valence electrons. The Morgan fingerprint density at radius 1 is 0.926 bits per heavy atom. The Bertz CT molecular complexity index is 655. The van der Waals surface area contributed by atoms with Gasteiger partial charge in [-0.2, -0.15) is 0 Å². The number of ketones is 1. The van der Waals surface area contributed by atoms with Crippen LogP contribution in [0.2, 0.25) is 0 Å². The maximum atomic E-state index is 13.4. The van der Waals surface area contributed by atoms with Crippen LogP contribution in [0.3, 0.4) is 0 Å². The Morgan fingerprint density at radius 3 is 1.85 bits per heavy atom. The molecule has 2 aromatic carbocycles. The smallest absolute Gasteiger partial charge is 0.147 e. The maximum Gasteiger partial charge on any atom is 0.147 e. The van der Waals surface area contributed by atoms with Gasteiger partial charge in [-0.05, 0) is 50.4 Å².